The van der Waals surface area contributed by atoms with E-state index in [1.807, 2.05) is 61.5 Å². The molecule has 3 aromatic rings. The standard InChI is InChI=1S/C31H34Cl2N2O3/c1-22-12-16-27(17-13-22)38-21-30(36)35(20-24-14-15-25(32)19-28(24)33)29(18-23-8-4-2-5-9-23)31(37)34-26-10-6-3-7-11-26/h2,4-5,8-9,12-17,19,26,29H,3,6-7,10-11,18,20-21H2,1H3,(H,34,37)/t29-/m1/s1. The van der Waals surface area contributed by atoms with Crippen molar-refractivity contribution >= 4 is 35.0 Å². The summed E-state index contributed by atoms with van der Waals surface area (Å²) in [6.45, 7) is 1.95. The minimum absolute atomic E-state index is 0.120. The van der Waals surface area contributed by atoms with Crippen LogP contribution in [-0.4, -0.2) is 35.4 Å². The van der Waals surface area contributed by atoms with E-state index in [0.717, 1.165) is 36.8 Å². The molecule has 0 spiro atoms. The number of ether oxygens (including phenoxy) is 1. The van der Waals surface area contributed by atoms with Gasteiger partial charge in [0, 0.05) is 29.1 Å². The van der Waals surface area contributed by atoms with Crippen LogP contribution in [0.4, 0.5) is 0 Å². The molecule has 0 aromatic heterocycles. The smallest absolute Gasteiger partial charge is 0.261 e. The molecule has 0 radical (unpaired) electrons. The van der Waals surface area contributed by atoms with Gasteiger partial charge in [-0.05, 0) is 55.2 Å². The molecular weight excluding hydrogens is 519 g/mol. The predicted molar refractivity (Wildman–Crippen MR) is 153 cm³/mol. The molecule has 200 valence electrons. The third kappa shape index (κ3) is 7.99. The summed E-state index contributed by atoms with van der Waals surface area (Å²) in [6.07, 6.45) is 5.68. The summed E-state index contributed by atoms with van der Waals surface area (Å²) < 4.78 is 5.84. The highest BCUT2D eigenvalue weighted by Crippen LogP contribution is 2.25. The number of hydrogen-bond acceptors (Lipinski definition) is 3. The van der Waals surface area contributed by atoms with Gasteiger partial charge in [0.1, 0.15) is 11.8 Å². The van der Waals surface area contributed by atoms with Gasteiger partial charge in [-0.25, -0.2) is 0 Å². The van der Waals surface area contributed by atoms with Crippen molar-refractivity contribution in [3.8, 4) is 5.75 Å². The van der Waals surface area contributed by atoms with Gasteiger partial charge in [0.05, 0.1) is 0 Å². The van der Waals surface area contributed by atoms with Crippen molar-refractivity contribution in [2.24, 2.45) is 0 Å². The van der Waals surface area contributed by atoms with E-state index in [2.05, 4.69) is 5.32 Å². The number of carbonyl (C=O) groups is 2. The Morgan fingerprint density at radius 3 is 2.37 bits per heavy atom. The largest absolute Gasteiger partial charge is 0.484 e. The molecule has 7 heteroatoms. The van der Waals surface area contributed by atoms with E-state index in [-0.39, 0.29) is 31.0 Å². The highest BCUT2D eigenvalue weighted by atomic mass is 35.5. The first-order valence-electron chi connectivity index (χ1n) is 13.2. The lowest BCUT2D eigenvalue weighted by Crippen LogP contribution is -2.53. The molecule has 1 fully saturated rings. The van der Waals surface area contributed by atoms with Gasteiger partial charge in [-0.3, -0.25) is 9.59 Å². The lowest BCUT2D eigenvalue weighted by atomic mass is 9.94. The van der Waals surface area contributed by atoms with Gasteiger partial charge in [0.2, 0.25) is 5.91 Å². The van der Waals surface area contributed by atoms with Crippen LogP contribution in [0.3, 0.4) is 0 Å². The summed E-state index contributed by atoms with van der Waals surface area (Å²) in [5.41, 5.74) is 2.78. The fourth-order valence-electron chi connectivity index (χ4n) is 4.79. The Bertz CT molecular complexity index is 1210. The maximum absolute atomic E-state index is 13.8. The number of halogens is 2. The average Bonchev–Trinajstić information content (AvgIpc) is 2.92. The second-order valence-corrected chi connectivity index (χ2v) is 10.8. The van der Waals surface area contributed by atoms with E-state index in [1.165, 1.54) is 6.42 Å². The maximum Gasteiger partial charge on any atom is 0.261 e. The summed E-state index contributed by atoms with van der Waals surface area (Å²) in [6, 6.07) is 21.9. The van der Waals surface area contributed by atoms with Crippen molar-refractivity contribution in [3.05, 3.63) is 99.5 Å². The highest BCUT2D eigenvalue weighted by molar-refractivity contribution is 6.35. The van der Waals surface area contributed by atoms with Crippen molar-refractivity contribution in [1.82, 2.24) is 10.2 Å². The summed E-state index contributed by atoms with van der Waals surface area (Å²) >= 11 is 12.6. The summed E-state index contributed by atoms with van der Waals surface area (Å²) in [5, 5.41) is 4.19. The molecule has 2 amide bonds. The fraction of sp³-hybridized carbons (Fsp3) is 0.355. The van der Waals surface area contributed by atoms with Crippen molar-refractivity contribution < 1.29 is 14.3 Å². The summed E-state index contributed by atoms with van der Waals surface area (Å²) in [7, 11) is 0. The number of carbonyl (C=O) groups excluding carboxylic acids is 2. The molecule has 1 atom stereocenters. The van der Waals surface area contributed by atoms with Gasteiger partial charge < -0.3 is 15.0 Å². The molecule has 0 unspecified atom stereocenters. The number of amides is 2. The van der Waals surface area contributed by atoms with Crippen LogP contribution in [0.25, 0.3) is 0 Å². The summed E-state index contributed by atoms with van der Waals surface area (Å²) in [4.78, 5) is 29.1. The van der Waals surface area contributed by atoms with Gasteiger partial charge in [0.15, 0.2) is 6.61 Å². The first-order chi connectivity index (χ1) is 18.4. The number of benzene rings is 3. The predicted octanol–water partition coefficient (Wildman–Crippen LogP) is 6.77. The number of rotatable bonds is 10. The molecule has 1 aliphatic rings. The molecule has 0 heterocycles. The fourth-order valence-corrected chi connectivity index (χ4v) is 5.26. The quantitative estimate of drug-likeness (QED) is 0.302. The molecule has 38 heavy (non-hydrogen) atoms. The topological polar surface area (TPSA) is 58.6 Å². The van der Waals surface area contributed by atoms with E-state index in [0.29, 0.717) is 27.8 Å². The first kappa shape index (κ1) is 28.0. The van der Waals surface area contributed by atoms with Crippen LogP contribution < -0.4 is 10.1 Å². The van der Waals surface area contributed by atoms with Gasteiger partial charge in [-0.2, -0.15) is 0 Å². The minimum atomic E-state index is -0.736. The number of aryl methyl sites for hydroxylation is 1. The van der Waals surface area contributed by atoms with Gasteiger partial charge >= 0.3 is 0 Å². The number of nitrogens with zero attached hydrogens (tertiary/aromatic N) is 1. The van der Waals surface area contributed by atoms with Crippen LogP contribution in [0.5, 0.6) is 5.75 Å². The monoisotopic (exact) mass is 552 g/mol. The lowest BCUT2D eigenvalue weighted by molar-refractivity contribution is -0.143. The number of hydrogen-bond donors (Lipinski definition) is 1. The van der Waals surface area contributed by atoms with Crippen LogP contribution >= 0.6 is 23.2 Å². The summed E-state index contributed by atoms with van der Waals surface area (Å²) in [5.74, 6) is 0.144. The Kier molecular flexibility index (Phi) is 10.1. The van der Waals surface area contributed by atoms with Crippen molar-refractivity contribution in [3.63, 3.8) is 0 Å². The van der Waals surface area contributed by atoms with Crippen LogP contribution in [0, 0.1) is 6.92 Å². The zero-order chi connectivity index (χ0) is 26.9. The second-order valence-electron chi connectivity index (χ2n) is 9.91. The molecule has 0 bridgehead atoms. The van der Waals surface area contributed by atoms with E-state index in [4.69, 9.17) is 27.9 Å². The van der Waals surface area contributed by atoms with Crippen LogP contribution in [0.15, 0.2) is 72.8 Å². The van der Waals surface area contributed by atoms with E-state index in [9.17, 15) is 9.59 Å². The zero-order valence-electron chi connectivity index (χ0n) is 21.7. The number of nitrogens with one attached hydrogen (secondary N) is 1. The first-order valence-corrected chi connectivity index (χ1v) is 13.9. The van der Waals surface area contributed by atoms with Crippen LogP contribution in [-0.2, 0) is 22.6 Å². The third-order valence-corrected chi connectivity index (χ3v) is 7.55. The minimum Gasteiger partial charge on any atom is -0.484 e. The second kappa shape index (κ2) is 13.7. The molecule has 1 saturated carbocycles. The van der Waals surface area contributed by atoms with E-state index in [1.54, 1.807) is 23.1 Å². The maximum atomic E-state index is 13.8. The van der Waals surface area contributed by atoms with Crippen molar-refractivity contribution in [2.45, 2.75) is 64.1 Å². The van der Waals surface area contributed by atoms with Gasteiger partial charge in [-0.1, -0.05) is 96.6 Å². The molecule has 0 saturated heterocycles. The average molecular weight is 554 g/mol. The van der Waals surface area contributed by atoms with Crippen molar-refractivity contribution in [2.75, 3.05) is 6.61 Å². The molecule has 4 rings (SSSR count). The van der Waals surface area contributed by atoms with Gasteiger partial charge in [-0.15, -0.1) is 0 Å². The third-order valence-electron chi connectivity index (χ3n) is 6.96. The molecule has 1 N–H and O–H groups in total. The van der Waals surface area contributed by atoms with Gasteiger partial charge in [0.25, 0.3) is 5.91 Å². The Balaban J connectivity index is 1.62. The van der Waals surface area contributed by atoms with Crippen molar-refractivity contribution in [1.29, 1.82) is 0 Å². The molecule has 3 aromatic carbocycles. The Morgan fingerprint density at radius 2 is 1.68 bits per heavy atom. The molecule has 5 nitrogen and oxygen atoms in total. The normalized spacial score (nSPS) is 14.5. The Morgan fingerprint density at radius 1 is 0.974 bits per heavy atom. The molecule has 1 aliphatic carbocycles. The van der Waals surface area contributed by atoms with Crippen LogP contribution in [0.1, 0.15) is 48.8 Å². The highest BCUT2D eigenvalue weighted by Gasteiger charge is 2.32. The Labute approximate surface area is 235 Å². The van der Waals surface area contributed by atoms with Crippen LogP contribution in [0.2, 0.25) is 10.0 Å². The van der Waals surface area contributed by atoms with E-state index >= 15 is 0 Å². The lowest BCUT2D eigenvalue weighted by Gasteiger charge is -2.33. The molecule has 0 aliphatic heterocycles. The molecular formula is C31H34Cl2N2O3. The SMILES string of the molecule is Cc1ccc(OCC(=O)N(Cc2ccc(Cl)cc2Cl)[C@H](Cc2ccccc2)C(=O)NC2CCCCC2)cc1. The van der Waals surface area contributed by atoms with E-state index < -0.39 is 6.04 Å². The zero-order valence-corrected chi connectivity index (χ0v) is 23.2. The Hall–Kier alpha value is -3.02.